The summed E-state index contributed by atoms with van der Waals surface area (Å²) >= 11 is 0. The third-order valence-electron chi connectivity index (χ3n) is 4.59. The maximum absolute atomic E-state index is 12.1. The second kappa shape index (κ2) is 8.73. The van der Waals surface area contributed by atoms with E-state index in [1.165, 1.54) is 17.0 Å². The molecular formula is C21H26N2O5. The van der Waals surface area contributed by atoms with E-state index in [1.807, 2.05) is 45.0 Å². The zero-order valence-electron chi connectivity index (χ0n) is 16.6. The van der Waals surface area contributed by atoms with Gasteiger partial charge >= 0.3 is 6.09 Å². The first kappa shape index (κ1) is 21.2. The number of rotatable bonds is 7. The van der Waals surface area contributed by atoms with Crippen LogP contribution in [0.15, 0.2) is 48.5 Å². The molecule has 0 radical (unpaired) electrons. The van der Waals surface area contributed by atoms with Crippen LogP contribution in [0.5, 0.6) is 5.75 Å². The van der Waals surface area contributed by atoms with Crippen LogP contribution in [0.1, 0.15) is 37.9 Å². The number of methoxy groups -OCH3 is 1. The van der Waals surface area contributed by atoms with Crippen LogP contribution in [0.2, 0.25) is 0 Å². The molecule has 0 bridgehead atoms. The van der Waals surface area contributed by atoms with Gasteiger partial charge in [-0.25, -0.2) is 4.79 Å². The van der Waals surface area contributed by atoms with Crippen molar-refractivity contribution in [1.29, 1.82) is 0 Å². The summed E-state index contributed by atoms with van der Waals surface area (Å²) in [6.45, 7) is 6.01. The fraction of sp³-hybridized carbons (Fsp3) is 0.381. The summed E-state index contributed by atoms with van der Waals surface area (Å²) in [6.07, 6.45) is -0.598. The van der Waals surface area contributed by atoms with E-state index in [0.29, 0.717) is 17.7 Å². The molecule has 1 unspecified atom stereocenters. The zero-order valence-corrected chi connectivity index (χ0v) is 16.6. The summed E-state index contributed by atoms with van der Waals surface area (Å²) in [7, 11) is 1.58. The minimum absolute atomic E-state index is 0.0539. The molecule has 2 aromatic carbocycles. The number of hydrogen-bond acceptors (Lipinski definition) is 4. The predicted molar refractivity (Wildman–Crippen MR) is 107 cm³/mol. The number of benzene rings is 2. The lowest BCUT2D eigenvalue weighted by Crippen LogP contribution is -2.41. The predicted octanol–water partition coefficient (Wildman–Crippen LogP) is 4.91. The Morgan fingerprint density at radius 2 is 1.89 bits per heavy atom. The van der Waals surface area contributed by atoms with E-state index in [4.69, 9.17) is 4.74 Å². The Balaban J connectivity index is 2.39. The van der Waals surface area contributed by atoms with Crippen molar-refractivity contribution in [3.05, 3.63) is 69.8 Å². The molecule has 1 atom stereocenters. The summed E-state index contributed by atoms with van der Waals surface area (Å²) < 4.78 is 5.35. The monoisotopic (exact) mass is 386 g/mol. The molecule has 0 spiro atoms. The Hall–Kier alpha value is -3.09. The van der Waals surface area contributed by atoms with Crippen molar-refractivity contribution in [2.75, 3.05) is 13.7 Å². The highest BCUT2D eigenvalue weighted by Gasteiger charge is 2.35. The smallest absolute Gasteiger partial charge is 0.407 e. The van der Waals surface area contributed by atoms with E-state index in [0.717, 1.165) is 5.56 Å². The standard InChI is InChI=1S/C21H26N2O5/c1-21(2,3)19(16-9-7-10-17(14-16)23(26)27)22(20(24)25)13-12-15-8-5-6-11-18(15)28-4/h5-11,14,19H,12-13H2,1-4H3,(H,24,25). The fourth-order valence-corrected chi connectivity index (χ4v) is 3.44. The first-order valence-electron chi connectivity index (χ1n) is 9.01. The molecule has 7 heteroatoms. The van der Waals surface area contributed by atoms with Gasteiger partial charge in [-0.1, -0.05) is 51.1 Å². The number of carbonyl (C=O) groups is 1. The third kappa shape index (κ3) is 5.00. The Morgan fingerprint density at radius 3 is 2.46 bits per heavy atom. The Kier molecular flexibility index (Phi) is 6.62. The molecule has 2 aromatic rings. The SMILES string of the molecule is COc1ccccc1CCN(C(=O)O)C(c1cccc([N+](=O)[O-])c1)C(C)(C)C. The van der Waals surface area contributed by atoms with Gasteiger partial charge in [-0.2, -0.15) is 0 Å². The summed E-state index contributed by atoms with van der Waals surface area (Å²) in [5.74, 6) is 0.704. The van der Waals surface area contributed by atoms with E-state index < -0.39 is 22.5 Å². The highest BCUT2D eigenvalue weighted by molar-refractivity contribution is 5.66. The van der Waals surface area contributed by atoms with Crippen molar-refractivity contribution in [3.63, 3.8) is 0 Å². The number of non-ortho nitro benzene ring substituents is 1. The molecule has 0 aliphatic carbocycles. The van der Waals surface area contributed by atoms with Crippen LogP contribution in [-0.2, 0) is 6.42 Å². The van der Waals surface area contributed by atoms with Crippen LogP contribution in [0.4, 0.5) is 10.5 Å². The number of carboxylic acid groups (broad SMARTS) is 1. The van der Waals surface area contributed by atoms with Crippen molar-refractivity contribution in [3.8, 4) is 5.75 Å². The molecule has 0 aliphatic heterocycles. The van der Waals surface area contributed by atoms with Crippen molar-refractivity contribution in [2.24, 2.45) is 5.41 Å². The van der Waals surface area contributed by atoms with Gasteiger partial charge < -0.3 is 14.7 Å². The van der Waals surface area contributed by atoms with Gasteiger partial charge in [-0.3, -0.25) is 10.1 Å². The average Bonchev–Trinajstić information content (AvgIpc) is 2.64. The molecule has 2 rings (SSSR count). The molecule has 0 saturated carbocycles. The summed E-state index contributed by atoms with van der Waals surface area (Å²) in [6, 6.07) is 13.1. The van der Waals surface area contributed by atoms with E-state index in [1.54, 1.807) is 19.2 Å². The van der Waals surface area contributed by atoms with E-state index in [9.17, 15) is 20.0 Å². The second-order valence-corrected chi connectivity index (χ2v) is 7.66. The van der Waals surface area contributed by atoms with Gasteiger partial charge in [-0.15, -0.1) is 0 Å². The molecule has 0 aliphatic rings. The van der Waals surface area contributed by atoms with Gasteiger partial charge in [0.1, 0.15) is 5.75 Å². The molecular weight excluding hydrogens is 360 g/mol. The van der Waals surface area contributed by atoms with Crippen molar-refractivity contribution < 1.29 is 19.6 Å². The number of nitro groups is 1. The van der Waals surface area contributed by atoms with E-state index in [-0.39, 0.29) is 12.2 Å². The number of nitrogens with zero attached hydrogens (tertiary/aromatic N) is 2. The van der Waals surface area contributed by atoms with Crippen molar-refractivity contribution in [2.45, 2.75) is 33.2 Å². The van der Waals surface area contributed by atoms with Crippen molar-refractivity contribution in [1.82, 2.24) is 4.90 Å². The molecule has 1 N–H and O–H groups in total. The summed E-state index contributed by atoms with van der Waals surface area (Å²) in [5.41, 5.74) is 0.989. The van der Waals surface area contributed by atoms with Gasteiger partial charge in [0, 0.05) is 18.7 Å². The Labute approximate surface area is 164 Å². The molecule has 7 nitrogen and oxygen atoms in total. The summed E-state index contributed by atoms with van der Waals surface area (Å²) in [4.78, 5) is 24.2. The zero-order chi connectivity index (χ0) is 20.9. The molecule has 150 valence electrons. The molecule has 0 saturated heterocycles. The van der Waals surface area contributed by atoms with E-state index in [2.05, 4.69) is 0 Å². The quantitative estimate of drug-likeness (QED) is 0.539. The lowest BCUT2D eigenvalue weighted by atomic mass is 9.81. The minimum Gasteiger partial charge on any atom is -0.496 e. The van der Waals surface area contributed by atoms with Gasteiger partial charge in [-0.05, 0) is 29.0 Å². The van der Waals surface area contributed by atoms with Gasteiger partial charge in [0.05, 0.1) is 18.1 Å². The number of para-hydroxylation sites is 1. The largest absolute Gasteiger partial charge is 0.496 e. The first-order valence-corrected chi connectivity index (χ1v) is 9.01. The van der Waals surface area contributed by atoms with Gasteiger partial charge in [0.2, 0.25) is 0 Å². The Morgan fingerprint density at radius 1 is 1.21 bits per heavy atom. The maximum atomic E-state index is 12.1. The molecule has 0 heterocycles. The second-order valence-electron chi connectivity index (χ2n) is 7.66. The number of amides is 1. The Bertz CT molecular complexity index is 845. The van der Waals surface area contributed by atoms with Crippen LogP contribution >= 0.6 is 0 Å². The maximum Gasteiger partial charge on any atom is 0.407 e. The van der Waals surface area contributed by atoms with E-state index >= 15 is 0 Å². The molecule has 0 fully saturated rings. The lowest BCUT2D eigenvalue weighted by Gasteiger charge is -2.39. The molecule has 1 amide bonds. The molecule has 0 aromatic heterocycles. The normalized spacial score (nSPS) is 12.3. The minimum atomic E-state index is -1.07. The van der Waals surface area contributed by atoms with Crippen LogP contribution in [0, 0.1) is 15.5 Å². The topological polar surface area (TPSA) is 92.9 Å². The van der Waals surface area contributed by atoms with Crippen LogP contribution < -0.4 is 4.74 Å². The highest BCUT2D eigenvalue weighted by atomic mass is 16.6. The van der Waals surface area contributed by atoms with Gasteiger partial charge in [0.15, 0.2) is 0 Å². The first-order chi connectivity index (χ1) is 13.1. The van der Waals surface area contributed by atoms with Crippen LogP contribution in [0.3, 0.4) is 0 Å². The highest BCUT2D eigenvalue weighted by Crippen LogP contribution is 2.39. The average molecular weight is 386 g/mol. The number of ether oxygens (including phenoxy) is 1. The lowest BCUT2D eigenvalue weighted by molar-refractivity contribution is -0.385. The summed E-state index contributed by atoms with van der Waals surface area (Å²) in [5, 5.41) is 21.1. The number of nitro benzene ring substituents is 1. The third-order valence-corrected chi connectivity index (χ3v) is 4.59. The molecule has 28 heavy (non-hydrogen) atoms. The van der Waals surface area contributed by atoms with Crippen molar-refractivity contribution >= 4 is 11.8 Å². The van der Waals surface area contributed by atoms with Gasteiger partial charge in [0.25, 0.3) is 5.69 Å². The van der Waals surface area contributed by atoms with Crippen LogP contribution in [0.25, 0.3) is 0 Å². The van der Waals surface area contributed by atoms with Crippen LogP contribution in [-0.4, -0.2) is 34.7 Å². The number of hydrogen-bond donors (Lipinski definition) is 1. The fourth-order valence-electron chi connectivity index (χ4n) is 3.44.